The zero-order valence-corrected chi connectivity index (χ0v) is 11.0. The minimum Gasteiger partial charge on any atom is -0.351 e. The maximum Gasteiger partial charge on any atom is 0.266 e. The van der Waals surface area contributed by atoms with Gasteiger partial charge in [0.15, 0.2) is 0 Å². The Labute approximate surface area is 103 Å². The van der Waals surface area contributed by atoms with Gasteiger partial charge in [0.05, 0.1) is 5.75 Å². The molecule has 2 N–H and O–H groups in total. The quantitative estimate of drug-likeness (QED) is 0.375. The van der Waals surface area contributed by atoms with E-state index in [1.165, 1.54) is 18.9 Å². The Hall–Kier alpha value is -0.880. The van der Waals surface area contributed by atoms with Crippen LogP contribution in [0.4, 0.5) is 0 Å². The molecule has 5 nitrogen and oxygen atoms in total. The molecule has 0 rings (SSSR count). The van der Waals surface area contributed by atoms with Crippen molar-refractivity contribution in [2.45, 2.75) is 39.0 Å². The molecule has 0 heterocycles. The Morgan fingerprint density at radius 3 is 2.59 bits per heavy atom. The highest BCUT2D eigenvalue weighted by Crippen LogP contribution is 2.02. The van der Waals surface area contributed by atoms with Crippen LogP contribution in [0.5, 0.6) is 0 Å². The van der Waals surface area contributed by atoms with Crippen LogP contribution in [-0.4, -0.2) is 31.2 Å². The van der Waals surface area contributed by atoms with Crippen molar-refractivity contribution < 1.29 is 17.8 Å². The SMILES string of the molecule is CCCCCC/C=C/C(=O)NCCS(=O)(=O)O. The molecule has 0 atom stereocenters. The number of rotatable bonds is 9. The molecule has 0 bridgehead atoms. The number of hydrogen-bond donors (Lipinski definition) is 2. The van der Waals surface area contributed by atoms with Gasteiger partial charge in [-0.25, -0.2) is 0 Å². The highest BCUT2D eigenvalue weighted by atomic mass is 32.2. The predicted octanol–water partition coefficient (Wildman–Crippen LogP) is 1.52. The summed E-state index contributed by atoms with van der Waals surface area (Å²) >= 11 is 0. The lowest BCUT2D eigenvalue weighted by atomic mass is 10.1. The molecule has 0 saturated carbocycles. The largest absolute Gasteiger partial charge is 0.351 e. The minimum absolute atomic E-state index is 0.0716. The van der Waals surface area contributed by atoms with Gasteiger partial charge in [0.2, 0.25) is 5.91 Å². The molecule has 0 radical (unpaired) electrons. The fourth-order valence-corrected chi connectivity index (χ4v) is 1.60. The lowest BCUT2D eigenvalue weighted by Crippen LogP contribution is -2.27. The zero-order valence-electron chi connectivity index (χ0n) is 10.2. The third-order valence-electron chi connectivity index (χ3n) is 2.15. The minimum atomic E-state index is -3.99. The number of carbonyl (C=O) groups is 1. The summed E-state index contributed by atoms with van der Waals surface area (Å²) in [4.78, 5) is 11.1. The standard InChI is InChI=1S/C11H21NO4S/c1-2-3-4-5-6-7-8-11(13)12-9-10-17(14,15)16/h7-8H,2-6,9-10H2,1H3,(H,12,13)(H,14,15,16)/b8-7+. The second-order valence-electron chi connectivity index (χ2n) is 3.83. The second kappa shape index (κ2) is 9.18. The molecule has 1 amide bonds. The number of allylic oxidation sites excluding steroid dienone is 1. The average Bonchev–Trinajstić information content (AvgIpc) is 2.21. The summed E-state index contributed by atoms with van der Waals surface area (Å²) in [5.41, 5.74) is 0. The lowest BCUT2D eigenvalue weighted by Gasteiger charge is -1.99. The molecule has 0 spiro atoms. The van der Waals surface area contributed by atoms with Crippen LogP contribution in [0.1, 0.15) is 39.0 Å². The smallest absolute Gasteiger partial charge is 0.266 e. The Bertz CT molecular complexity index is 335. The third-order valence-corrected chi connectivity index (χ3v) is 2.87. The first-order chi connectivity index (χ1) is 7.95. The van der Waals surface area contributed by atoms with Gasteiger partial charge in [0, 0.05) is 6.54 Å². The highest BCUT2D eigenvalue weighted by molar-refractivity contribution is 7.85. The van der Waals surface area contributed by atoms with Crippen LogP contribution >= 0.6 is 0 Å². The van der Waals surface area contributed by atoms with Gasteiger partial charge in [0.25, 0.3) is 10.1 Å². The van der Waals surface area contributed by atoms with E-state index in [9.17, 15) is 13.2 Å². The van der Waals surface area contributed by atoms with Crippen molar-refractivity contribution in [2.24, 2.45) is 0 Å². The molecule has 0 aromatic carbocycles. The Morgan fingerprint density at radius 2 is 2.00 bits per heavy atom. The first kappa shape index (κ1) is 16.1. The van der Waals surface area contributed by atoms with E-state index in [0.717, 1.165) is 19.3 Å². The van der Waals surface area contributed by atoms with Crippen LogP contribution in [0.2, 0.25) is 0 Å². The van der Waals surface area contributed by atoms with Gasteiger partial charge < -0.3 is 5.32 Å². The molecular weight excluding hydrogens is 242 g/mol. The summed E-state index contributed by atoms with van der Waals surface area (Å²) in [6.45, 7) is 2.07. The van der Waals surface area contributed by atoms with E-state index in [1.54, 1.807) is 6.08 Å². The first-order valence-electron chi connectivity index (χ1n) is 5.85. The van der Waals surface area contributed by atoms with Gasteiger partial charge in [-0.2, -0.15) is 8.42 Å². The molecule has 0 aromatic heterocycles. The van der Waals surface area contributed by atoms with Crippen LogP contribution in [0, 0.1) is 0 Å². The van der Waals surface area contributed by atoms with Gasteiger partial charge >= 0.3 is 0 Å². The summed E-state index contributed by atoms with van der Waals surface area (Å²) in [6, 6.07) is 0. The number of nitrogens with one attached hydrogen (secondary N) is 1. The van der Waals surface area contributed by atoms with Crippen LogP contribution in [0.15, 0.2) is 12.2 Å². The average molecular weight is 263 g/mol. The van der Waals surface area contributed by atoms with E-state index < -0.39 is 15.9 Å². The third kappa shape index (κ3) is 13.1. The Balaban J connectivity index is 3.55. The summed E-state index contributed by atoms with van der Waals surface area (Å²) in [6.07, 6.45) is 8.63. The highest BCUT2D eigenvalue weighted by Gasteiger charge is 2.04. The fourth-order valence-electron chi connectivity index (χ4n) is 1.24. The van der Waals surface area contributed by atoms with E-state index in [4.69, 9.17) is 4.55 Å². The molecule has 0 aliphatic rings. The van der Waals surface area contributed by atoms with E-state index in [-0.39, 0.29) is 12.5 Å². The molecule has 0 aromatic rings. The van der Waals surface area contributed by atoms with E-state index in [1.807, 2.05) is 0 Å². The molecule has 0 aliphatic carbocycles. The van der Waals surface area contributed by atoms with Crippen molar-refractivity contribution in [1.82, 2.24) is 5.32 Å². The van der Waals surface area contributed by atoms with E-state index in [0.29, 0.717) is 0 Å². The number of hydrogen-bond acceptors (Lipinski definition) is 3. The monoisotopic (exact) mass is 263 g/mol. The molecule has 100 valence electrons. The maximum absolute atomic E-state index is 11.1. The molecule has 0 aliphatic heterocycles. The second-order valence-corrected chi connectivity index (χ2v) is 5.40. The normalized spacial score (nSPS) is 11.9. The van der Waals surface area contributed by atoms with Crippen LogP contribution < -0.4 is 5.32 Å². The van der Waals surface area contributed by atoms with Crippen LogP contribution in [0.3, 0.4) is 0 Å². The molecule has 17 heavy (non-hydrogen) atoms. The van der Waals surface area contributed by atoms with Crippen LogP contribution in [-0.2, 0) is 14.9 Å². The van der Waals surface area contributed by atoms with E-state index >= 15 is 0 Å². The number of amides is 1. The Kier molecular flexibility index (Phi) is 8.71. The first-order valence-corrected chi connectivity index (χ1v) is 7.46. The van der Waals surface area contributed by atoms with Gasteiger partial charge in [0.1, 0.15) is 0 Å². The van der Waals surface area contributed by atoms with Crippen molar-refractivity contribution >= 4 is 16.0 Å². The fraction of sp³-hybridized carbons (Fsp3) is 0.727. The van der Waals surface area contributed by atoms with Crippen molar-refractivity contribution in [3.63, 3.8) is 0 Å². The molecule has 0 unspecified atom stereocenters. The topological polar surface area (TPSA) is 83.5 Å². The summed E-state index contributed by atoms with van der Waals surface area (Å²) in [5.74, 6) is -0.785. The summed E-state index contributed by atoms with van der Waals surface area (Å²) < 4.78 is 29.1. The van der Waals surface area contributed by atoms with E-state index in [2.05, 4.69) is 12.2 Å². The van der Waals surface area contributed by atoms with Gasteiger partial charge in [-0.15, -0.1) is 0 Å². The number of carbonyl (C=O) groups excluding carboxylic acids is 1. The predicted molar refractivity (Wildman–Crippen MR) is 67.3 cm³/mol. The Morgan fingerprint density at radius 1 is 1.29 bits per heavy atom. The molecule has 0 fully saturated rings. The van der Waals surface area contributed by atoms with Crippen LogP contribution in [0.25, 0.3) is 0 Å². The summed E-state index contributed by atoms with van der Waals surface area (Å²) in [7, 11) is -3.99. The van der Waals surface area contributed by atoms with Crippen molar-refractivity contribution in [1.29, 1.82) is 0 Å². The van der Waals surface area contributed by atoms with Crippen molar-refractivity contribution in [3.8, 4) is 0 Å². The molecular formula is C11H21NO4S. The van der Waals surface area contributed by atoms with Gasteiger partial charge in [-0.05, 0) is 18.9 Å². The maximum atomic E-state index is 11.1. The van der Waals surface area contributed by atoms with Gasteiger partial charge in [-0.1, -0.05) is 32.3 Å². The van der Waals surface area contributed by atoms with Gasteiger partial charge in [-0.3, -0.25) is 9.35 Å². The zero-order chi connectivity index (χ0) is 13.1. The molecule has 6 heteroatoms. The van der Waals surface area contributed by atoms with Crippen molar-refractivity contribution in [2.75, 3.05) is 12.3 Å². The number of unbranched alkanes of at least 4 members (excludes halogenated alkanes) is 4. The van der Waals surface area contributed by atoms with Crippen molar-refractivity contribution in [3.05, 3.63) is 12.2 Å². The lowest BCUT2D eigenvalue weighted by molar-refractivity contribution is -0.116. The summed E-state index contributed by atoms with van der Waals surface area (Å²) in [5, 5.41) is 2.38. The molecule has 0 saturated heterocycles.